The first-order chi connectivity index (χ1) is 10.00. The van der Waals surface area contributed by atoms with E-state index in [9.17, 15) is 19.7 Å². The third kappa shape index (κ3) is 2.35. The van der Waals surface area contributed by atoms with Gasteiger partial charge in [0.25, 0.3) is 5.69 Å². The molecule has 0 aromatic heterocycles. The molecule has 0 radical (unpaired) electrons. The van der Waals surface area contributed by atoms with Gasteiger partial charge in [-0.1, -0.05) is 0 Å². The van der Waals surface area contributed by atoms with Gasteiger partial charge in [0.2, 0.25) is 11.8 Å². The molecule has 21 heavy (non-hydrogen) atoms. The van der Waals surface area contributed by atoms with Gasteiger partial charge in [0, 0.05) is 37.3 Å². The fourth-order valence-electron chi connectivity index (χ4n) is 3.06. The summed E-state index contributed by atoms with van der Waals surface area (Å²) in [6, 6.07) is 6.32. The van der Waals surface area contributed by atoms with Gasteiger partial charge < -0.3 is 4.90 Å². The molecule has 2 amide bonds. The molecule has 2 fully saturated rings. The van der Waals surface area contributed by atoms with Crippen LogP contribution in [0.3, 0.4) is 0 Å². The van der Waals surface area contributed by atoms with Crippen molar-refractivity contribution in [1.82, 2.24) is 5.32 Å². The van der Waals surface area contributed by atoms with E-state index in [0.717, 1.165) is 5.69 Å². The zero-order valence-electron chi connectivity index (χ0n) is 11.4. The van der Waals surface area contributed by atoms with Gasteiger partial charge in [0.1, 0.15) is 0 Å². The van der Waals surface area contributed by atoms with E-state index in [1.165, 1.54) is 12.1 Å². The van der Waals surface area contributed by atoms with Gasteiger partial charge in [-0.25, -0.2) is 0 Å². The number of carbonyl (C=O) groups is 2. The summed E-state index contributed by atoms with van der Waals surface area (Å²) in [5.41, 5.74) is 0.409. The number of imide groups is 1. The lowest BCUT2D eigenvalue weighted by molar-refractivity contribution is -0.384. The molecule has 2 heterocycles. The number of carbonyl (C=O) groups excluding carboxylic acids is 2. The minimum absolute atomic E-state index is 0.0497. The number of rotatable bonds is 2. The van der Waals surface area contributed by atoms with Gasteiger partial charge in [-0.3, -0.25) is 25.0 Å². The summed E-state index contributed by atoms with van der Waals surface area (Å²) in [6.07, 6.45) is 1.64. The van der Waals surface area contributed by atoms with Crippen molar-refractivity contribution in [3.05, 3.63) is 34.4 Å². The Balaban J connectivity index is 1.76. The first kappa shape index (κ1) is 13.5. The molecule has 7 heteroatoms. The molecule has 110 valence electrons. The van der Waals surface area contributed by atoms with Crippen molar-refractivity contribution in [1.29, 1.82) is 0 Å². The monoisotopic (exact) mass is 289 g/mol. The molecule has 2 aliphatic heterocycles. The number of amides is 2. The standard InChI is InChI=1S/C14H15N3O4/c18-12-5-6-14(13(19)15-12)7-8-16(9-14)10-1-3-11(4-2-10)17(20)21/h1-4H,5-9H2,(H,15,18,19). The summed E-state index contributed by atoms with van der Waals surface area (Å²) in [6.45, 7) is 1.25. The number of piperidine rings is 1. The van der Waals surface area contributed by atoms with E-state index in [0.29, 0.717) is 32.4 Å². The molecule has 2 aliphatic rings. The highest BCUT2D eigenvalue weighted by Crippen LogP contribution is 2.39. The molecule has 0 aliphatic carbocycles. The first-order valence-electron chi connectivity index (χ1n) is 6.84. The van der Waals surface area contributed by atoms with Crippen LogP contribution in [0.25, 0.3) is 0 Å². The van der Waals surface area contributed by atoms with Crippen LogP contribution in [-0.2, 0) is 9.59 Å². The van der Waals surface area contributed by atoms with E-state index < -0.39 is 10.3 Å². The number of nitro benzene ring substituents is 1. The molecule has 1 N–H and O–H groups in total. The highest BCUT2D eigenvalue weighted by molar-refractivity contribution is 6.01. The lowest BCUT2D eigenvalue weighted by Gasteiger charge is -2.31. The molecule has 1 atom stereocenters. The Bertz CT molecular complexity index is 613. The minimum atomic E-state index is -0.504. The van der Waals surface area contributed by atoms with Gasteiger partial charge in [-0.05, 0) is 25.0 Å². The number of anilines is 1. The summed E-state index contributed by atoms with van der Waals surface area (Å²) >= 11 is 0. The Kier molecular flexibility index (Phi) is 3.12. The number of nitro groups is 1. The molecule has 2 saturated heterocycles. The summed E-state index contributed by atoms with van der Waals surface area (Å²) < 4.78 is 0. The van der Waals surface area contributed by atoms with Gasteiger partial charge in [-0.2, -0.15) is 0 Å². The first-order valence-corrected chi connectivity index (χ1v) is 6.84. The smallest absolute Gasteiger partial charge is 0.269 e. The quantitative estimate of drug-likeness (QED) is 0.502. The SMILES string of the molecule is O=C1CCC2(CCN(c3ccc([N+](=O)[O-])cc3)C2)C(=O)N1. The third-order valence-electron chi connectivity index (χ3n) is 4.34. The molecule has 0 saturated carbocycles. The molecule has 1 unspecified atom stereocenters. The fourth-order valence-corrected chi connectivity index (χ4v) is 3.06. The molecular weight excluding hydrogens is 274 g/mol. The second-order valence-corrected chi connectivity index (χ2v) is 5.60. The van der Waals surface area contributed by atoms with Gasteiger partial charge in [0.05, 0.1) is 10.3 Å². The van der Waals surface area contributed by atoms with Crippen LogP contribution in [0.1, 0.15) is 19.3 Å². The van der Waals surface area contributed by atoms with E-state index in [1.54, 1.807) is 12.1 Å². The number of nitrogens with one attached hydrogen (secondary N) is 1. The van der Waals surface area contributed by atoms with Crippen molar-refractivity contribution >= 4 is 23.2 Å². The Hall–Kier alpha value is -2.44. The fraction of sp³-hybridized carbons (Fsp3) is 0.429. The maximum atomic E-state index is 12.1. The van der Waals surface area contributed by atoms with E-state index >= 15 is 0 Å². The highest BCUT2D eigenvalue weighted by atomic mass is 16.6. The van der Waals surface area contributed by atoms with Gasteiger partial charge in [-0.15, -0.1) is 0 Å². The molecule has 1 spiro atoms. The molecule has 1 aromatic rings. The van der Waals surface area contributed by atoms with Crippen molar-refractivity contribution in [2.75, 3.05) is 18.0 Å². The Morgan fingerprint density at radius 1 is 1.19 bits per heavy atom. The van der Waals surface area contributed by atoms with Crippen LogP contribution >= 0.6 is 0 Å². The largest absolute Gasteiger partial charge is 0.370 e. The lowest BCUT2D eigenvalue weighted by atomic mass is 9.79. The highest BCUT2D eigenvalue weighted by Gasteiger charge is 2.47. The number of benzene rings is 1. The average Bonchev–Trinajstić information content (AvgIpc) is 2.89. The Morgan fingerprint density at radius 2 is 1.90 bits per heavy atom. The van der Waals surface area contributed by atoms with Gasteiger partial charge in [0.15, 0.2) is 0 Å². The predicted octanol–water partition coefficient (Wildman–Crippen LogP) is 1.23. The Morgan fingerprint density at radius 3 is 2.52 bits per heavy atom. The van der Waals surface area contributed by atoms with E-state index in [4.69, 9.17) is 0 Å². The lowest BCUT2D eigenvalue weighted by Crippen LogP contribution is -2.50. The average molecular weight is 289 g/mol. The predicted molar refractivity (Wildman–Crippen MR) is 74.7 cm³/mol. The van der Waals surface area contributed by atoms with Gasteiger partial charge >= 0.3 is 0 Å². The van der Waals surface area contributed by atoms with Crippen LogP contribution in [0.15, 0.2) is 24.3 Å². The molecule has 3 rings (SSSR count). The van der Waals surface area contributed by atoms with Crippen molar-refractivity contribution in [2.45, 2.75) is 19.3 Å². The van der Waals surface area contributed by atoms with Crippen molar-refractivity contribution in [2.24, 2.45) is 5.41 Å². The van der Waals surface area contributed by atoms with Crippen LogP contribution < -0.4 is 10.2 Å². The van der Waals surface area contributed by atoms with Crippen LogP contribution in [0.4, 0.5) is 11.4 Å². The summed E-state index contributed by atoms with van der Waals surface area (Å²) in [7, 11) is 0. The number of hydrogen-bond acceptors (Lipinski definition) is 5. The molecule has 0 bridgehead atoms. The van der Waals surface area contributed by atoms with E-state index in [1.807, 2.05) is 4.90 Å². The van der Waals surface area contributed by atoms with Crippen LogP contribution in [0, 0.1) is 15.5 Å². The topological polar surface area (TPSA) is 92.6 Å². The second kappa shape index (κ2) is 4.83. The van der Waals surface area contributed by atoms with Crippen LogP contribution in [0.5, 0.6) is 0 Å². The normalized spacial score (nSPS) is 25.2. The van der Waals surface area contributed by atoms with Crippen molar-refractivity contribution in [3.63, 3.8) is 0 Å². The second-order valence-electron chi connectivity index (χ2n) is 5.60. The summed E-state index contributed by atoms with van der Waals surface area (Å²) in [4.78, 5) is 35.6. The summed E-state index contributed by atoms with van der Waals surface area (Å²) in [5.74, 6) is -0.400. The maximum Gasteiger partial charge on any atom is 0.269 e. The van der Waals surface area contributed by atoms with E-state index in [2.05, 4.69) is 5.32 Å². The van der Waals surface area contributed by atoms with Crippen LogP contribution in [0.2, 0.25) is 0 Å². The molecular formula is C14H15N3O4. The van der Waals surface area contributed by atoms with E-state index in [-0.39, 0.29) is 17.5 Å². The number of non-ortho nitro benzene ring substituents is 1. The third-order valence-corrected chi connectivity index (χ3v) is 4.34. The molecule has 7 nitrogen and oxygen atoms in total. The molecule has 1 aromatic carbocycles. The zero-order valence-corrected chi connectivity index (χ0v) is 11.4. The van der Waals surface area contributed by atoms with Crippen LogP contribution in [-0.4, -0.2) is 29.8 Å². The Labute approximate surface area is 121 Å². The maximum absolute atomic E-state index is 12.1. The van der Waals surface area contributed by atoms with Crippen molar-refractivity contribution < 1.29 is 14.5 Å². The zero-order chi connectivity index (χ0) is 15.0. The summed E-state index contributed by atoms with van der Waals surface area (Å²) in [5, 5.41) is 13.1. The number of nitrogens with zero attached hydrogens (tertiary/aromatic N) is 2. The minimum Gasteiger partial charge on any atom is -0.370 e. The van der Waals surface area contributed by atoms with Crippen molar-refractivity contribution in [3.8, 4) is 0 Å². The number of hydrogen-bond donors (Lipinski definition) is 1.